The third kappa shape index (κ3) is 4.14. The van der Waals surface area contributed by atoms with Crippen LogP contribution in [0.1, 0.15) is 29.5 Å². The molecule has 0 aliphatic carbocycles. The second kappa shape index (κ2) is 8.00. The van der Waals surface area contributed by atoms with Crippen LogP contribution in [-0.4, -0.2) is 52.1 Å². The summed E-state index contributed by atoms with van der Waals surface area (Å²) in [7, 11) is 0. The number of fused-ring (bicyclic) bond motifs is 1. The standard InChI is InChI=1S/C23H26N2O3S/c26-22(10-17-5-6-21-19(9-17)4-2-8-27-21)25-15-23(16-25)11-20(14-29-23)28-13-18-3-1-7-24-12-18/h1,3,5-7,9,12,20H,2,4,8,10-11,13-16H2/t20-/m0/s1. The number of pyridine rings is 1. The van der Waals surface area contributed by atoms with E-state index in [0.29, 0.717) is 13.0 Å². The summed E-state index contributed by atoms with van der Waals surface area (Å²) in [4.78, 5) is 18.9. The number of aryl methyl sites for hydroxylation is 1. The van der Waals surface area contributed by atoms with Crippen LogP contribution in [0, 0.1) is 0 Å². The van der Waals surface area contributed by atoms with Crippen molar-refractivity contribution in [2.45, 2.75) is 43.1 Å². The maximum Gasteiger partial charge on any atom is 0.227 e. The van der Waals surface area contributed by atoms with Crippen LogP contribution in [0.25, 0.3) is 0 Å². The van der Waals surface area contributed by atoms with E-state index in [-0.39, 0.29) is 16.8 Å². The lowest BCUT2D eigenvalue weighted by Gasteiger charge is -2.47. The lowest BCUT2D eigenvalue weighted by molar-refractivity contribution is -0.136. The zero-order valence-corrected chi connectivity index (χ0v) is 17.3. The van der Waals surface area contributed by atoms with Crippen molar-refractivity contribution in [3.8, 4) is 5.75 Å². The third-order valence-corrected chi connectivity index (χ3v) is 7.60. The maximum atomic E-state index is 12.7. The van der Waals surface area contributed by atoms with Gasteiger partial charge < -0.3 is 14.4 Å². The number of likely N-dealkylation sites (tertiary alicyclic amines) is 1. The zero-order chi connectivity index (χ0) is 19.7. The Morgan fingerprint density at radius 3 is 3.10 bits per heavy atom. The fraction of sp³-hybridized carbons (Fsp3) is 0.478. The topological polar surface area (TPSA) is 51.7 Å². The minimum atomic E-state index is 0.193. The molecule has 2 aromatic rings. The Labute approximate surface area is 175 Å². The Balaban J connectivity index is 1.10. The molecule has 3 aliphatic rings. The molecule has 1 spiro atoms. The highest BCUT2D eigenvalue weighted by molar-refractivity contribution is 8.01. The summed E-state index contributed by atoms with van der Waals surface area (Å²) in [5.41, 5.74) is 3.44. The minimum absolute atomic E-state index is 0.193. The second-order valence-corrected chi connectivity index (χ2v) is 9.80. The largest absolute Gasteiger partial charge is 0.493 e. The molecule has 2 fully saturated rings. The second-order valence-electron chi connectivity index (χ2n) is 8.31. The molecule has 2 saturated heterocycles. The number of thioether (sulfide) groups is 1. The lowest BCUT2D eigenvalue weighted by atomic mass is 9.92. The van der Waals surface area contributed by atoms with Crippen LogP contribution in [0.2, 0.25) is 0 Å². The first-order chi connectivity index (χ1) is 14.2. The number of carbonyl (C=O) groups is 1. The number of carbonyl (C=O) groups excluding carboxylic acids is 1. The van der Waals surface area contributed by atoms with Gasteiger partial charge in [0.25, 0.3) is 0 Å². The van der Waals surface area contributed by atoms with Crippen molar-refractivity contribution in [3.05, 3.63) is 59.4 Å². The highest BCUT2D eigenvalue weighted by atomic mass is 32.2. The van der Waals surface area contributed by atoms with E-state index in [9.17, 15) is 4.79 Å². The molecule has 0 radical (unpaired) electrons. The third-order valence-electron chi connectivity index (χ3n) is 6.02. The molecular weight excluding hydrogens is 384 g/mol. The molecule has 1 aromatic heterocycles. The van der Waals surface area contributed by atoms with Crippen molar-refractivity contribution in [3.63, 3.8) is 0 Å². The van der Waals surface area contributed by atoms with Crippen molar-refractivity contribution in [1.29, 1.82) is 0 Å². The predicted molar refractivity (Wildman–Crippen MR) is 113 cm³/mol. The van der Waals surface area contributed by atoms with Gasteiger partial charge in [-0.05, 0) is 48.1 Å². The number of aromatic nitrogens is 1. The van der Waals surface area contributed by atoms with Crippen molar-refractivity contribution in [2.24, 2.45) is 0 Å². The van der Waals surface area contributed by atoms with Gasteiger partial charge in [-0.15, -0.1) is 11.8 Å². The smallest absolute Gasteiger partial charge is 0.227 e. The molecule has 0 saturated carbocycles. The van der Waals surface area contributed by atoms with Gasteiger partial charge in [0, 0.05) is 31.2 Å². The van der Waals surface area contributed by atoms with Crippen molar-refractivity contribution >= 4 is 17.7 Å². The van der Waals surface area contributed by atoms with Gasteiger partial charge in [-0.3, -0.25) is 9.78 Å². The van der Waals surface area contributed by atoms with Gasteiger partial charge in [0.15, 0.2) is 0 Å². The number of amides is 1. The SMILES string of the molecule is O=C(Cc1ccc2c(c1)CCCO2)N1CC2(C[C@H](OCc3cccnc3)CS2)C1. The van der Waals surface area contributed by atoms with E-state index in [4.69, 9.17) is 9.47 Å². The van der Waals surface area contributed by atoms with Gasteiger partial charge in [-0.1, -0.05) is 18.2 Å². The minimum Gasteiger partial charge on any atom is -0.493 e. The Bertz CT molecular complexity index is 883. The Morgan fingerprint density at radius 1 is 1.31 bits per heavy atom. The van der Waals surface area contributed by atoms with Crippen molar-refractivity contribution in [1.82, 2.24) is 9.88 Å². The van der Waals surface area contributed by atoms with Gasteiger partial charge in [0.1, 0.15) is 5.75 Å². The average Bonchev–Trinajstić information content (AvgIpc) is 3.17. The highest BCUT2D eigenvalue weighted by Crippen LogP contribution is 2.46. The first kappa shape index (κ1) is 18.9. The Kier molecular flexibility index (Phi) is 5.22. The van der Waals surface area contributed by atoms with Crippen LogP contribution in [-0.2, 0) is 29.0 Å². The van der Waals surface area contributed by atoms with Crippen LogP contribution in [0.15, 0.2) is 42.7 Å². The summed E-state index contributed by atoms with van der Waals surface area (Å²) in [5.74, 6) is 2.22. The molecule has 0 bridgehead atoms. The number of rotatable bonds is 5. The van der Waals surface area contributed by atoms with Gasteiger partial charge in [-0.25, -0.2) is 0 Å². The van der Waals surface area contributed by atoms with Crippen molar-refractivity contribution in [2.75, 3.05) is 25.4 Å². The van der Waals surface area contributed by atoms with Gasteiger partial charge in [0.2, 0.25) is 5.91 Å². The highest BCUT2D eigenvalue weighted by Gasteiger charge is 2.50. The van der Waals surface area contributed by atoms with Crippen LogP contribution in [0.3, 0.4) is 0 Å². The molecule has 5 nitrogen and oxygen atoms in total. The van der Waals surface area contributed by atoms with Gasteiger partial charge >= 0.3 is 0 Å². The number of ether oxygens (including phenoxy) is 2. The van der Waals surface area contributed by atoms with E-state index >= 15 is 0 Å². The molecule has 0 N–H and O–H groups in total. The predicted octanol–water partition coefficient (Wildman–Crippen LogP) is 3.25. The Hall–Kier alpha value is -2.05. The van der Waals surface area contributed by atoms with E-state index in [1.807, 2.05) is 47.1 Å². The number of hydrogen-bond acceptors (Lipinski definition) is 5. The summed E-state index contributed by atoms with van der Waals surface area (Å²) in [6.45, 7) is 3.10. The molecular formula is C23H26N2O3S. The van der Waals surface area contributed by atoms with Gasteiger partial charge in [0.05, 0.1) is 30.5 Å². The fourth-order valence-corrected chi connectivity index (χ4v) is 6.01. The van der Waals surface area contributed by atoms with Crippen LogP contribution in [0.4, 0.5) is 0 Å². The number of nitrogens with zero attached hydrogens (tertiary/aromatic N) is 2. The van der Waals surface area contributed by atoms with E-state index in [2.05, 4.69) is 11.1 Å². The molecule has 3 aliphatic heterocycles. The van der Waals surface area contributed by atoms with E-state index in [1.165, 1.54) is 5.56 Å². The summed E-state index contributed by atoms with van der Waals surface area (Å²) in [6, 6.07) is 10.2. The molecule has 0 unspecified atom stereocenters. The van der Waals surface area contributed by atoms with Crippen LogP contribution >= 0.6 is 11.8 Å². The number of benzene rings is 1. The average molecular weight is 411 g/mol. The summed E-state index contributed by atoms with van der Waals surface area (Å²) in [6.07, 6.45) is 7.50. The van der Waals surface area contributed by atoms with Crippen molar-refractivity contribution < 1.29 is 14.3 Å². The molecule has 29 heavy (non-hydrogen) atoms. The first-order valence-corrected chi connectivity index (χ1v) is 11.3. The number of hydrogen-bond donors (Lipinski definition) is 0. The van der Waals surface area contributed by atoms with Crippen LogP contribution in [0.5, 0.6) is 5.75 Å². The quantitative estimate of drug-likeness (QED) is 0.757. The maximum absolute atomic E-state index is 12.7. The van der Waals surface area contributed by atoms with E-state index in [0.717, 1.165) is 61.6 Å². The summed E-state index contributed by atoms with van der Waals surface area (Å²) in [5, 5.41) is 0. The molecule has 152 valence electrons. The molecule has 6 heteroatoms. The van der Waals surface area contributed by atoms with Gasteiger partial charge in [-0.2, -0.15) is 0 Å². The zero-order valence-electron chi connectivity index (χ0n) is 16.5. The molecule has 1 atom stereocenters. The molecule has 1 amide bonds. The monoisotopic (exact) mass is 410 g/mol. The molecule has 4 heterocycles. The van der Waals surface area contributed by atoms with E-state index < -0.39 is 0 Å². The molecule has 5 rings (SSSR count). The fourth-order valence-electron chi connectivity index (χ4n) is 4.46. The summed E-state index contributed by atoms with van der Waals surface area (Å²) >= 11 is 1.97. The van der Waals surface area contributed by atoms with E-state index in [1.54, 1.807) is 6.20 Å². The molecule has 1 aromatic carbocycles. The Morgan fingerprint density at radius 2 is 2.24 bits per heavy atom. The first-order valence-electron chi connectivity index (χ1n) is 10.4. The van der Waals surface area contributed by atoms with Crippen LogP contribution < -0.4 is 4.74 Å². The lowest BCUT2D eigenvalue weighted by Crippen LogP contribution is -2.61. The normalized spacial score (nSPS) is 22.1. The summed E-state index contributed by atoms with van der Waals surface area (Å²) < 4.78 is 12.0.